The first-order valence-corrected chi connectivity index (χ1v) is 6.89. The van der Waals surface area contributed by atoms with Crippen molar-refractivity contribution in [3.8, 4) is 21.4 Å². The number of aromatic amines is 1. The van der Waals surface area contributed by atoms with Gasteiger partial charge in [0, 0.05) is 18.6 Å². The maximum absolute atomic E-state index is 4.54. The predicted molar refractivity (Wildman–Crippen MR) is 78.2 cm³/mol. The number of hydrogen-bond donors (Lipinski definition) is 1. The fourth-order valence-electron chi connectivity index (χ4n) is 1.96. The first-order valence-electron chi connectivity index (χ1n) is 6.07. The first-order chi connectivity index (χ1) is 9.90. The molecule has 0 amide bonds. The summed E-state index contributed by atoms with van der Waals surface area (Å²) in [7, 11) is 0. The van der Waals surface area contributed by atoms with Gasteiger partial charge in [0.1, 0.15) is 10.8 Å². The molecule has 20 heavy (non-hydrogen) atoms. The number of nitrogens with zero attached hydrogens (tertiary/aromatic N) is 4. The lowest BCUT2D eigenvalue weighted by Gasteiger charge is -1.92. The summed E-state index contributed by atoms with van der Waals surface area (Å²) in [6.07, 6.45) is 7.09. The predicted octanol–water partition coefficient (Wildman–Crippen LogP) is 3.14. The average Bonchev–Trinajstić information content (AvgIpc) is 3.14. The molecule has 0 spiro atoms. The second-order valence-corrected chi connectivity index (χ2v) is 5.25. The Labute approximate surface area is 118 Å². The van der Waals surface area contributed by atoms with E-state index in [-0.39, 0.29) is 0 Å². The van der Waals surface area contributed by atoms with Crippen LogP contribution in [0.15, 0.2) is 49.1 Å². The van der Waals surface area contributed by atoms with Crippen LogP contribution in [0.1, 0.15) is 0 Å². The Morgan fingerprint density at radius 3 is 2.85 bits per heavy atom. The van der Waals surface area contributed by atoms with Crippen LogP contribution in [0.2, 0.25) is 0 Å². The average molecular weight is 279 g/mol. The van der Waals surface area contributed by atoms with E-state index in [1.165, 1.54) is 0 Å². The van der Waals surface area contributed by atoms with Crippen LogP contribution < -0.4 is 0 Å². The van der Waals surface area contributed by atoms with Gasteiger partial charge in [-0.3, -0.25) is 9.97 Å². The molecule has 0 atom stereocenters. The molecule has 0 fully saturated rings. The Balaban J connectivity index is 1.78. The van der Waals surface area contributed by atoms with Crippen LogP contribution in [-0.4, -0.2) is 24.9 Å². The molecule has 4 rings (SSSR count). The zero-order valence-corrected chi connectivity index (χ0v) is 11.1. The van der Waals surface area contributed by atoms with Crippen LogP contribution in [0.25, 0.3) is 32.4 Å². The van der Waals surface area contributed by atoms with Crippen LogP contribution in [0.3, 0.4) is 0 Å². The lowest BCUT2D eigenvalue weighted by molar-refractivity contribution is 1.29. The molecule has 0 aliphatic carbocycles. The molecule has 6 heteroatoms. The molecule has 4 aromatic heterocycles. The minimum absolute atomic E-state index is 0.813. The quantitative estimate of drug-likeness (QED) is 0.612. The minimum atomic E-state index is 0.813. The van der Waals surface area contributed by atoms with Crippen molar-refractivity contribution in [1.82, 2.24) is 24.9 Å². The van der Waals surface area contributed by atoms with Gasteiger partial charge >= 0.3 is 0 Å². The number of hydrogen-bond acceptors (Lipinski definition) is 5. The Morgan fingerprint density at radius 2 is 2.00 bits per heavy atom. The van der Waals surface area contributed by atoms with Crippen molar-refractivity contribution >= 4 is 22.4 Å². The summed E-state index contributed by atoms with van der Waals surface area (Å²) in [5, 5.41) is 0.888. The van der Waals surface area contributed by atoms with E-state index < -0.39 is 0 Å². The van der Waals surface area contributed by atoms with Gasteiger partial charge in [0.05, 0.1) is 27.8 Å². The standard InChI is InChI=1S/C14H9N5S/c1-2-5-16-10(3-1)14-17-8-12(20-14)13-18-9-4-6-15-7-11(9)19-13/h1-8H,(H,18,19). The second kappa shape index (κ2) is 4.50. The molecule has 0 unspecified atom stereocenters. The van der Waals surface area contributed by atoms with Crippen molar-refractivity contribution in [2.45, 2.75) is 0 Å². The van der Waals surface area contributed by atoms with E-state index in [0.29, 0.717) is 0 Å². The summed E-state index contributed by atoms with van der Waals surface area (Å²) in [5.74, 6) is 0.813. The SMILES string of the molecule is c1ccc(-c2ncc(-c3nc4ccncc4[nH]3)s2)nc1. The summed E-state index contributed by atoms with van der Waals surface area (Å²) < 4.78 is 0. The fraction of sp³-hybridized carbons (Fsp3) is 0. The van der Waals surface area contributed by atoms with E-state index in [1.54, 1.807) is 29.9 Å². The summed E-state index contributed by atoms with van der Waals surface area (Å²) >= 11 is 1.57. The number of thiazole rings is 1. The fourth-order valence-corrected chi connectivity index (χ4v) is 2.80. The highest BCUT2D eigenvalue weighted by molar-refractivity contribution is 7.18. The lowest BCUT2D eigenvalue weighted by Crippen LogP contribution is -1.78. The summed E-state index contributed by atoms with van der Waals surface area (Å²) in [6.45, 7) is 0. The van der Waals surface area contributed by atoms with Crippen molar-refractivity contribution in [1.29, 1.82) is 0 Å². The van der Waals surface area contributed by atoms with E-state index in [0.717, 1.165) is 32.4 Å². The van der Waals surface area contributed by atoms with Gasteiger partial charge in [0.25, 0.3) is 0 Å². The Kier molecular flexibility index (Phi) is 2.53. The number of imidazole rings is 1. The van der Waals surface area contributed by atoms with Crippen LogP contribution in [-0.2, 0) is 0 Å². The van der Waals surface area contributed by atoms with Gasteiger partial charge in [-0.2, -0.15) is 0 Å². The highest BCUT2D eigenvalue weighted by Crippen LogP contribution is 2.30. The topological polar surface area (TPSA) is 67.3 Å². The van der Waals surface area contributed by atoms with Crippen LogP contribution in [0.4, 0.5) is 0 Å². The zero-order chi connectivity index (χ0) is 13.4. The number of pyridine rings is 2. The molecule has 0 radical (unpaired) electrons. The van der Waals surface area contributed by atoms with Gasteiger partial charge in [0.2, 0.25) is 0 Å². The zero-order valence-electron chi connectivity index (χ0n) is 10.3. The normalized spacial score (nSPS) is 11.0. The van der Waals surface area contributed by atoms with Crippen molar-refractivity contribution in [2.24, 2.45) is 0 Å². The highest BCUT2D eigenvalue weighted by atomic mass is 32.1. The third-order valence-corrected chi connectivity index (χ3v) is 3.93. The van der Waals surface area contributed by atoms with Gasteiger partial charge in [0.15, 0.2) is 0 Å². The maximum Gasteiger partial charge on any atom is 0.150 e. The molecule has 4 heterocycles. The van der Waals surface area contributed by atoms with Crippen LogP contribution in [0, 0.1) is 0 Å². The minimum Gasteiger partial charge on any atom is -0.336 e. The number of rotatable bonds is 2. The third kappa shape index (κ3) is 1.86. The molecule has 0 aliphatic rings. The van der Waals surface area contributed by atoms with Crippen molar-refractivity contribution in [3.05, 3.63) is 49.1 Å². The largest absolute Gasteiger partial charge is 0.336 e. The third-order valence-electron chi connectivity index (χ3n) is 2.91. The molecular formula is C14H9N5S. The molecule has 0 bridgehead atoms. The first kappa shape index (κ1) is 11.2. The van der Waals surface area contributed by atoms with Gasteiger partial charge in [-0.15, -0.1) is 11.3 Å². The Bertz CT molecular complexity index is 832. The van der Waals surface area contributed by atoms with E-state index in [2.05, 4.69) is 24.9 Å². The monoisotopic (exact) mass is 279 g/mol. The number of fused-ring (bicyclic) bond motifs is 1. The molecule has 1 N–H and O–H groups in total. The van der Waals surface area contributed by atoms with Gasteiger partial charge < -0.3 is 4.98 Å². The molecule has 4 aromatic rings. The summed E-state index contributed by atoms with van der Waals surface area (Å²) in [6, 6.07) is 7.68. The maximum atomic E-state index is 4.54. The van der Waals surface area contributed by atoms with Gasteiger partial charge in [-0.05, 0) is 18.2 Å². The summed E-state index contributed by atoms with van der Waals surface area (Å²) in [5.41, 5.74) is 2.71. The van der Waals surface area contributed by atoms with Gasteiger partial charge in [-0.1, -0.05) is 6.07 Å². The molecule has 0 aromatic carbocycles. The Hall–Kier alpha value is -2.60. The van der Waals surface area contributed by atoms with E-state index >= 15 is 0 Å². The van der Waals surface area contributed by atoms with E-state index in [4.69, 9.17) is 0 Å². The van der Waals surface area contributed by atoms with Gasteiger partial charge in [-0.25, -0.2) is 9.97 Å². The summed E-state index contributed by atoms with van der Waals surface area (Å²) in [4.78, 5) is 21.6. The van der Waals surface area contributed by atoms with E-state index in [1.807, 2.05) is 30.5 Å². The smallest absolute Gasteiger partial charge is 0.150 e. The number of H-pyrrole nitrogens is 1. The van der Waals surface area contributed by atoms with Crippen molar-refractivity contribution < 1.29 is 0 Å². The van der Waals surface area contributed by atoms with Crippen molar-refractivity contribution in [2.75, 3.05) is 0 Å². The highest BCUT2D eigenvalue weighted by Gasteiger charge is 2.10. The molecular weight excluding hydrogens is 270 g/mol. The molecule has 0 saturated carbocycles. The Morgan fingerprint density at radius 1 is 1.00 bits per heavy atom. The van der Waals surface area contributed by atoms with Crippen LogP contribution >= 0.6 is 11.3 Å². The van der Waals surface area contributed by atoms with Crippen LogP contribution in [0.5, 0.6) is 0 Å². The molecule has 96 valence electrons. The second-order valence-electron chi connectivity index (χ2n) is 4.22. The molecule has 5 nitrogen and oxygen atoms in total. The van der Waals surface area contributed by atoms with E-state index in [9.17, 15) is 0 Å². The number of aromatic nitrogens is 5. The van der Waals surface area contributed by atoms with Crippen molar-refractivity contribution in [3.63, 3.8) is 0 Å². The molecule has 0 saturated heterocycles. The molecule has 0 aliphatic heterocycles. The number of nitrogens with one attached hydrogen (secondary N) is 1. The lowest BCUT2D eigenvalue weighted by atomic mass is 10.4.